The average Bonchev–Trinajstić information content (AvgIpc) is 2.76. The first-order valence-corrected chi connectivity index (χ1v) is 9.58. The van der Waals surface area contributed by atoms with Gasteiger partial charge < -0.3 is 9.64 Å². The van der Waals surface area contributed by atoms with E-state index >= 15 is 0 Å². The number of nitrogens with zero attached hydrogens (tertiary/aromatic N) is 3. The SMILES string of the molecule is CN(CCC#N)C(=O)COC(=O)CCCN1C(=O)c2cccc3cccc(c23)C1=O. The quantitative estimate of drug-likeness (QED) is 0.490. The van der Waals surface area contributed by atoms with Gasteiger partial charge in [-0.2, -0.15) is 5.26 Å². The Morgan fingerprint density at radius 1 is 1.10 bits per heavy atom. The number of esters is 1. The predicted octanol–water partition coefficient (Wildman–Crippen LogP) is 2.13. The zero-order chi connectivity index (χ0) is 21.7. The monoisotopic (exact) mass is 407 g/mol. The van der Waals surface area contributed by atoms with E-state index in [1.165, 1.54) is 11.9 Å². The van der Waals surface area contributed by atoms with Crippen LogP contribution < -0.4 is 0 Å². The lowest BCUT2D eigenvalue weighted by atomic mass is 9.94. The maximum absolute atomic E-state index is 12.8. The fraction of sp³-hybridized carbons (Fsp3) is 0.318. The number of carbonyl (C=O) groups is 4. The minimum Gasteiger partial charge on any atom is -0.456 e. The molecule has 0 aromatic heterocycles. The third-order valence-corrected chi connectivity index (χ3v) is 4.96. The summed E-state index contributed by atoms with van der Waals surface area (Å²) in [5, 5.41) is 10.0. The van der Waals surface area contributed by atoms with Crippen molar-refractivity contribution in [1.82, 2.24) is 9.80 Å². The molecule has 1 aliphatic heterocycles. The molecule has 0 saturated heterocycles. The van der Waals surface area contributed by atoms with Crippen molar-refractivity contribution in [3.63, 3.8) is 0 Å². The van der Waals surface area contributed by atoms with Gasteiger partial charge in [-0.15, -0.1) is 0 Å². The van der Waals surface area contributed by atoms with Gasteiger partial charge in [-0.1, -0.05) is 24.3 Å². The lowest BCUT2D eigenvalue weighted by Crippen LogP contribution is -2.41. The molecule has 0 spiro atoms. The number of hydrogen-bond donors (Lipinski definition) is 0. The molecule has 8 nitrogen and oxygen atoms in total. The van der Waals surface area contributed by atoms with Crippen LogP contribution in [0.4, 0.5) is 0 Å². The molecule has 30 heavy (non-hydrogen) atoms. The number of nitriles is 1. The van der Waals surface area contributed by atoms with Gasteiger partial charge in [-0.05, 0) is 23.9 Å². The molecule has 2 aromatic rings. The third-order valence-electron chi connectivity index (χ3n) is 4.96. The van der Waals surface area contributed by atoms with Gasteiger partial charge in [0.2, 0.25) is 0 Å². The molecule has 8 heteroatoms. The van der Waals surface area contributed by atoms with Crippen LogP contribution in [0.2, 0.25) is 0 Å². The Morgan fingerprint density at radius 2 is 1.73 bits per heavy atom. The van der Waals surface area contributed by atoms with Crippen molar-refractivity contribution in [1.29, 1.82) is 5.26 Å². The molecule has 0 radical (unpaired) electrons. The zero-order valence-electron chi connectivity index (χ0n) is 16.6. The van der Waals surface area contributed by atoms with Crippen molar-refractivity contribution in [2.75, 3.05) is 26.7 Å². The van der Waals surface area contributed by atoms with Crippen molar-refractivity contribution in [3.05, 3.63) is 47.5 Å². The summed E-state index contributed by atoms with van der Waals surface area (Å²) in [5.41, 5.74) is 0.938. The molecule has 0 bridgehead atoms. The molecule has 1 aliphatic rings. The molecular weight excluding hydrogens is 386 g/mol. The third kappa shape index (κ3) is 4.30. The highest BCUT2D eigenvalue weighted by molar-refractivity contribution is 6.25. The highest BCUT2D eigenvalue weighted by Gasteiger charge is 2.32. The summed E-state index contributed by atoms with van der Waals surface area (Å²) in [7, 11) is 1.53. The number of amides is 3. The van der Waals surface area contributed by atoms with Gasteiger partial charge in [0, 0.05) is 43.1 Å². The standard InChI is InChI=1S/C22H21N3O5/c1-24(12-5-11-23)18(26)14-30-19(27)10-4-13-25-21(28)16-8-2-6-15-7-3-9-17(20(15)16)22(25)29/h2-3,6-9H,4-5,10,12-14H2,1H3. The summed E-state index contributed by atoms with van der Waals surface area (Å²) in [6.07, 6.45) is 0.399. The van der Waals surface area contributed by atoms with E-state index in [2.05, 4.69) is 0 Å². The summed E-state index contributed by atoms with van der Waals surface area (Å²) < 4.78 is 4.95. The Morgan fingerprint density at radius 3 is 2.33 bits per heavy atom. The second-order valence-electron chi connectivity index (χ2n) is 6.96. The van der Waals surface area contributed by atoms with Crippen molar-refractivity contribution in [2.24, 2.45) is 0 Å². The first kappa shape index (κ1) is 21.0. The second-order valence-corrected chi connectivity index (χ2v) is 6.96. The molecular formula is C22H21N3O5. The van der Waals surface area contributed by atoms with Gasteiger partial charge in [-0.3, -0.25) is 24.1 Å². The zero-order valence-corrected chi connectivity index (χ0v) is 16.6. The summed E-state index contributed by atoms with van der Waals surface area (Å²) in [4.78, 5) is 51.7. The molecule has 154 valence electrons. The largest absolute Gasteiger partial charge is 0.456 e. The number of likely N-dealkylation sites (N-methyl/N-ethyl adjacent to an activating group) is 1. The fourth-order valence-corrected chi connectivity index (χ4v) is 3.33. The smallest absolute Gasteiger partial charge is 0.306 e. The Bertz CT molecular complexity index is 1010. The van der Waals surface area contributed by atoms with Gasteiger partial charge in [0.25, 0.3) is 17.7 Å². The number of ether oxygens (including phenoxy) is 1. The van der Waals surface area contributed by atoms with Crippen LogP contribution in [0.15, 0.2) is 36.4 Å². The molecule has 0 N–H and O–H groups in total. The lowest BCUT2D eigenvalue weighted by molar-refractivity contribution is -0.151. The van der Waals surface area contributed by atoms with Gasteiger partial charge in [0.15, 0.2) is 6.61 Å². The van der Waals surface area contributed by atoms with Crippen LogP contribution in [0.25, 0.3) is 10.8 Å². The van der Waals surface area contributed by atoms with Crippen molar-refractivity contribution >= 4 is 34.5 Å². The molecule has 3 amide bonds. The number of benzene rings is 2. The number of hydrogen-bond acceptors (Lipinski definition) is 6. The lowest BCUT2D eigenvalue weighted by Gasteiger charge is -2.27. The van der Waals surface area contributed by atoms with Crippen molar-refractivity contribution < 1.29 is 23.9 Å². The highest BCUT2D eigenvalue weighted by Crippen LogP contribution is 2.30. The first-order valence-electron chi connectivity index (χ1n) is 9.58. The van der Waals surface area contributed by atoms with Crippen LogP contribution in [-0.2, 0) is 14.3 Å². The normalized spacial score (nSPS) is 12.6. The summed E-state index contributed by atoms with van der Waals surface area (Å²) in [6, 6.07) is 12.6. The van der Waals surface area contributed by atoms with Gasteiger partial charge in [0.05, 0.1) is 12.5 Å². The summed E-state index contributed by atoms with van der Waals surface area (Å²) in [5.74, 6) is -1.75. The maximum Gasteiger partial charge on any atom is 0.306 e. The highest BCUT2D eigenvalue weighted by atomic mass is 16.5. The summed E-state index contributed by atoms with van der Waals surface area (Å²) in [6.45, 7) is -0.0640. The Balaban J connectivity index is 1.54. The van der Waals surface area contributed by atoms with Gasteiger partial charge >= 0.3 is 5.97 Å². The topological polar surface area (TPSA) is 108 Å². The van der Waals surface area contributed by atoms with E-state index < -0.39 is 18.5 Å². The number of imide groups is 1. The molecule has 3 rings (SSSR count). The first-order chi connectivity index (χ1) is 14.4. The van der Waals surface area contributed by atoms with Crippen LogP contribution in [0.1, 0.15) is 40.0 Å². The van der Waals surface area contributed by atoms with Crippen molar-refractivity contribution in [3.8, 4) is 6.07 Å². The van der Waals surface area contributed by atoms with E-state index in [1.54, 1.807) is 24.3 Å². The second kappa shape index (κ2) is 9.18. The average molecular weight is 407 g/mol. The number of rotatable bonds is 8. The van der Waals surface area contributed by atoms with Crippen LogP contribution in [0.5, 0.6) is 0 Å². The van der Waals surface area contributed by atoms with E-state index in [-0.39, 0.29) is 44.2 Å². The summed E-state index contributed by atoms with van der Waals surface area (Å²) >= 11 is 0. The maximum atomic E-state index is 12.8. The van der Waals surface area contributed by atoms with Crippen LogP contribution in [0.3, 0.4) is 0 Å². The van der Waals surface area contributed by atoms with Crippen LogP contribution in [0, 0.1) is 11.3 Å². The molecule has 0 fully saturated rings. The fourth-order valence-electron chi connectivity index (χ4n) is 3.33. The number of carbonyl (C=O) groups excluding carboxylic acids is 4. The molecule has 1 heterocycles. The van der Waals surface area contributed by atoms with Gasteiger partial charge in [-0.25, -0.2) is 0 Å². The van der Waals surface area contributed by atoms with E-state index in [9.17, 15) is 19.2 Å². The Hall–Kier alpha value is -3.73. The molecule has 0 unspecified atom stereocenters. The molecule has 0 atom stereocenters. The Labute approximate surface area is 173 Å². The Kier molecular flexibility index (Phi) is 6.42. The van der Waals surface area contributed by atoms with Crippen LogP contribution >= 0.6 is 0 Å². The molecule has 0 saturated carbocycles. The van der Waals surface area contributed by atoms with E-state index in [4.69, 9.17) is 10.00 Å². The minimum atomic E-state index is -0.587. The molecule has 2 aromatic carbocycles. The molecule has 0 aliphatic carbocycles. The minimum absolute atomic E-state index is 0.0297. The van der Waals surface area contributed by atoms with E-state index in [0.29, 0.717) is 16.5 Å². The van der Waals surface area contributed by atoms with Gasteiger partial charge in [0.1, 0.15) is 0 Å². The van der Waals surface area contributed by atoms with Crippen molar-refractivity contribution in [2.45, 2.75) is 19.3 Å². The van der Waals surface area contributed by atoms with E-state index in [0.717, 1.165) is 10.3 Å². The van der Waals surface area contributed by atoms with E-state index in [1.807, 2.05) is 18.2 Å². The predicted molar refractivity (Wildman–Crippen MR) is 107 cm³/mol. The van der Waals surface area contributed by atoms with Crippen LogP contribution in [-0.4, -0.2) is 60.2 Å².